The van der Waals surface area contributed by atoms with Gasteiger partial charge in [0.05, 0.1) is 10.9 Å². The summed E-state index contributed by atoms with van der Waals surface area (Å²) in [6.07, 6.45) is 2.51. The largest absolute Gasteiger partial charge is 0.486 e. The predicted octanol–water partition coefficient (Wildman–Crippen LogP) is 3.82. The van der Waals surface area contributed by atoms with E-state index < -0.39 is 0 Å². The van der Waals surface area contributed by atoms with Crippen molar-refractivity contribution in [2.45, 2.75) is 25.8 Å². The molecule has 30 heavy (non-hydrogen) atoms. The van der Waals surface area contributed by atoms with Crippen LogP contribution in [0.5, 0.6) is 11.5 Å². The number of carbonyl (C=O) groups excluding carboxylic acids is 1. The molecule has 0 bridgehead atoms. The highest BCUT2D eigenvalue weighted by molar-refractivity contribution is 6.32. The van der Waals surface area contributed by atoms with Crippen LogP contribution in [0.15, 0.2) is 36.4 Å². The smallest absolute Gasteiger partial charge is 0.224 e. The van der Waals surface area contributed by atoms with E-state index in [1.54, 1.807) is 12.1 Å². The Balaban J connectivity index is 1.27. The highest BCUT2D eigenvalue weighted by Gasteiger charge is 2.25. The summed E-state index contributed by atoms with van der Waals surface area (Å²) in [6, 6.07) is 10.4. The Morgan fingerprint density at radius 2 is 2.07 bits per heavy atom. The van der Waals surface area contributed by atoms with E-state index in [1.165, 1.54) is 6.07 Å². The molecule has 160 valence electrons. The van der Waals surface area contributed by atoms with E-state index in [2.05, 4.69) is 10.2 Å². The number of likely N-dealkylation sites (tertiary alicyclic amines) is 1. The molecule has 1 fully saturated rings. The van der Waals surface area contributed by atoms with Gasteiger partial charge in [-0.1, -0.05) is 23.7 Å². The second-order valence-electron chi connectivity index (χ2n) is 7.85. The first-order valence-corrected chi connectivity index (χ1v) is 10.8. The molecule has 0 radical (unpaired) electrons. The molecule has 0 saturated carbocycles. The number of fused-ring (bicyclic) bond motifs is 1. The zero-order valence-corrected chi connectivity index (χ0v) is 17.6. The Morgan fingerprint density at radius 3 is 2.93 bits per heavy atom. The number of carbonyl (C=O) groups is 1. The molecule has 0 spiro atoms. The molecule has 1 amide bonds. The third-order valence-corrected chi connectivity index (χ3v) is 5.82. The summed E-state index contributed by atoms with van der Waals surface area (Å²) in [5.41, 5.74) is 1.94. The van der Waals surface area contributed by atoms with Crippen molar-refractivity contribution >= 4 is 17.5 Å². The van der Waals surface area contributed by atoms with Gasteiger partial charge in [-0.2, -0.15) is 0 Å². The van der Waals surface area contributed by atoms with Gasteiger partial charge in [-0.05, 0) is 61.2 Å². The van der Waals surface area contributed by atoms with Crippen LogP contribution in [0.25, 0.3) is 0 Å². The van der Waals surface area contributed by atoms with Crippen LogP contribution in [0.4, 0.5) is 4.39 Å². The van der Waals surface area contributed by atoms with Crippen LogP contribution >= 0.6 is 11.6 Å². The maximum absolute atomic E-state index is 13.4. The molecule has 0 aliphatic carbocycles. The lowest BCUT2D eigenvalue weighted by molar-refractivity contribution is -0.126. The van der Waals surface area contributed by atoms with Crippen LogP contribution in [0.1, 0.15) is 24.0 Å². The monoisotopic (exact) mass is 432 g/mol. The number of hydrogen-bond donors (Lipinski definition) is 1. The van der Waals surface area contributed by atoms with E-state index in [4.69, 9.17) is 21.1 Å². The van der Waals surface area contributed by atoms with Gasteiger partial charge in [-0.15, -0.1) is 0 Å². The summed E-state index contributed by atoms with van der Waals surface area (Å²) in [6.45, 7) is 3.83. The Labute approximate surface area is 181 Å². The van der Waals surface area contributed by atoms with Crippen LogP contribution in [0.2, 0.25) is 5.02 Å². The number of piperidine rings is 1. The molecule has 2 aliphatic heterocycles. The fourth-order valence-electron chi connectivity index (χ4n) is 4.09. The lowest BCUT2D eigenvalue weighted by Crippen LogP contribution is -2.43. The molecular formula is C23H26ClFN2O3. The fourth-order valence-corrected chi connectivity index (χ4v) is 4.38. The van der Waals surface area contributed by atoms with E-state index in [-0.39, 0.29) is 17.6 Å². The van der Waals surface area contributed by atoms with Crippen LogP contribution in [0, 0.1) is 11.7 Å². The van der Waals surface area contributed by atoms with Gasteiger partial charge in [0.15, 0.2) is 11.5 Å². The van der Waals surface area contributed by atoms with Gasteiger partial charge in [0.2, 0.25) is 5.91 Å². The number of ether oxygens (including phenoxy) is 2. The minimum atomic E-state index is -0.224. The predicted molar refractivity (Wildman–Crippen MR) is 114 cm³/mol. The molecule has 2 aromatic carbocycles. The summed E-state index contributed by atoms with van der Waals surface area (Å²) < 4.78 is 24.6. The van der Waals surface area contributed by atoms with Gasteiger partial charge in [-0.25, -0.2) is 4.39 Å². The Bertz CT molecular complexity index is 908. The minimum Gasteiger partial charge on any atom is -0.486 e. The van der Waals surface area contributed by atoms with Crippen LogP contribution in [0.3, 0.4) is 0 Å². The van der Waals surface area contributed by atoms with Crippen LogP contribution in [-0.2, 0) is 17.8 Å². The number of nitrogens with one attached hydrogen (secondary N) is 1. The van der Waals surface area contributed by atoms with E-state index in [0.29, 0.717) is 55.8 Å². The number of rotatable bonds is 6. The van der Waals surface area contributed by atoms with Crippen molar-refractivity contribution in [1.82, 2.24) is 10.2 Å². The molecule has 1 unspecified atom stereocenters. The second-order valence-corrected chi connectivity index (χ2v) is 8.25. The average molecular weight is 433 g/mol. The third-order valence-electron chi connectivity index (χ3n) is 5.54. The molecule has 2 aliphatic rings. The summed E-state index contributed by atoms with van der Waals surface area (Å²) in [5, 5.41) is 3.59. The lowest BCUT2D eigenvalue weighted by Gasteiger charge is -2.32. The molecule has 2 aromatic rings. The Morgan fingerprint density at radius 1 is 1.20 bits per heavy atom. The number of halogens is 2. The number of benzene rings is 2. The molecule has 2 heterocycles. The Kier molecular flexibility index (Phi) is 6.75. The van der Waals surface area contributed by atoms with E-state index in [1.807, 2.05) is 18.2 Å². The van der Waals surface area contributed by atoms with Crippen molar-refractivity contribution in [3.05, 3.63) is 58.4 Å². The molecule has 7 heteroatoms. The normalized spacial score (nSPS) is 18.8. The van der Waals surface area contributed by atoms with Crippen molar-refractivity contribution in [2.75, 3.05) is 32.8 Å². The van der Waals surface area contributed by atoms with Gasteiger partial charge in [0.1, 0.15) is 19.0 Å². The molecule has 1 saturated heterocycles. The zero-order chi connectivity index (χ0) is 20.9. The SMILES string of the molecule is O=C(NCCc1cc(Cl)c2c(c1)OCCO2)C1CCCN(Cc2cccc(F)c2)C1. The number of nitrogens with zero attached hydrogens (tertiary/aromatic N) is 1. The summed E-state index contributed by atoms with van der Waals surface area (Å²) in [7, 11) is 0. The lowest BCUT2D eigenvalue weighted by atomic mass is 9.96. The molecule has 1 atom stereocenters. The molecule has 1 N–H and O–H groups in total. The quantitative estimate of drug-likeness (QED) is 0.754. The standard InChI is InChI=1S/C23H26ClFN2O3/c24-20-12-16(13-21-22(20)30-10-9-29-21)6-7-26-23(28)18-4-2-8-27(15-18)14-17-3-1-5-19(25)11-17/h1,3,5,11-13,18H,2,4,6-10,14-15H2,(H,26,28). The fraction of sp³-hybridized carbons (Fsp3) is 0.435. The molecule has 5 nitrogen and oxygen atoms in total. The topological polar surface area (TPSA) is 50.8 Å². The van der Waals surface area contributed by atoms with Gasteiger partial charge >= 0.3 is 0 Å². The maximum Gasteiger partial charge on any atom is 0.224 e. The average Bonchev–Trinajstić information content (AvgIpc) is 2.74. The zero-order valence-electron chi connectivity index (χ0n) is 16.8. The van der Waals surface area contributed by atoms with Crippen molar-refractivity contribution in [3.8, 4) is 11.5 Å². The first-order chi connectivity index (χ1) is 14.6. The van der Waals surface area contributed by atoms with E-state index in [9.17, 15) is 9.18 Å². The first-order valence-electron chi connectivity index (χ1n) is 10.4. The minimum absolute atomic E-state index is 0.0452. The van der Waals surface area contributed by atoms with E-state index >= 15 is 0 Å². The highest BCUT2D eigenvalue weighted by Crippen LogP contribution is 2.38. The third kappa shape index (κ3) is 5.24. The van der Waals surface area contributed by atoms with Crippen LogP contribution < -0.4 is 14.8 Å². The summed E-state index contributed by atoms with van der Waals surface area (Å²) >= 11 is 6.28. The Hall–Kier alpha value is -2.31. The van der Waals surface area contributed by atoms with Crippen molar-refractivity contribution < 1.29 is 18.7 Å². The van der Waals surface area contributed by atoms with Crippen molar-refractivity contribution in [2.24, 2.45) is 5.92 Å². The van der Waals surface area contributed by atoms with Gasteiger partial charge in [-0.3, -0.25) is 9.69 Å². The number of hydrogen-bond acceptors (Lipinski definition) is 4. The van der Waals surface area contributed by atoms with Crippen LogP contribution in [-0.4, -0.2) is 43.7 Å². The summed E-state index contributed by atoms with van der Waals surface area (Å²) in [4.78, 5) is 14.9. The maximum atomic E-state index is 13.4. The highest BCUT2D eigenvalue weighted by atomic mass is 35.5. The molecule has 4 rings (SSSR count). The molecular weight excluding hydrogens is 407 g/mol. The van der Waals surface area contributed by atoms with Crippen molar-refractivity contribution in [1.29, 1.82) is 0 Å². The van der Waals surface area contributed by atoms with E-state index in [0.717, 1.165) is 30.5 Å². The second kappa shape index (κ2) is 9.67. The van der Waals surface area contributed by atoms with Gasteiger partial charge in [0.25, 0.3) is 0 Å². The number of amides is 1. The van der Waals surface area contributed by atoms with Gasteiger partial charge in [0, 0.05) is 19.6 Å². The first kappa shape index (κ1) is 20.9. The molecule has 0 aromatic heterocycles. The van der Waals surface area contributed by atoms with Crippen molar-refractivity contribution in [3.63, 3.8) is 0 Å². The summed E-state index contributed by atoms with van der Waals surface area (Å²) in [5.74, 6) is 1.06. The van der Waals surface area contributed by atoms with Gasteiger partial charge < -0.3 is 14.8 Å².